The average Bonchev–Trinajstić information content (AvgIpc) is 2.20. The summed E-state index contributed by atoms with van der Waals surface area (Å²) in [6, 6.07) is 3.65. The van der Waals surface area contributed by atoms with Crippen LogP contribution in [0.5, 0.6) is 5.75 Å². The Morgan fingerprint density at radius 3 is 2.64 bits per heavy atom. The molecule has 0 amide bonds. The van der Waals surface area contributed by atoms with Crippen LogP contribution >= 0.6 is 11.6 Å². The molecule has 0 spiro atoms. The minimum absolute atomic E-state index is 0.400. The van der Waals surface area contributed by atoms with E-state index < -0.39 is 0 Å². The molecule has 0 aromatic carbocycles. The lowest BCUT2D eigenvalue weighted by molar-refractivity contribution is 0.362. The van der Waals surface area contributed by atoms with Crippen LogP contribution in [0.25, 0.3) is 0 Å². The molecule has 1 aromatic heterocycles. The van der Waals surface area contributed by atoms with Crippen LogP contribution < -0.4 is 4.74 Å². The van der Waals surface area contributed by atoms with Gasteiger partial charge in [-0.1, -0.05) is 38.1 Å². The van der Waals surface area contributed by atoms with E-state index >= 15 is 0 Å². The number of hydrogen-bond donors (Lipinski definition) is 0. The quantitative estimate of drug-likeness (QED) is 0.565. The van der Waals surface area contributed by atoms with Gasteiger partial charge < -0.3 is 4.74 Å². The molecule has 0 atom stereocenters. The van der Waals surface area contributed by atoms with E-state index in [4.69, 9.17) is 16.3 Å². The van der Waals surface area contributed by atoms with Crippen molar-refractivity contribution in [3.63, 3.8) is 0 Å². The molecule has 0 bridgehead atoms. The van der Waals surface area contributed by atoms with E-state index in [0.29, 0.717) is 17.5 Å². The summed E-state index contributed by atoms with van der Waals surface area (Å²) in [7, 11) is 0. The van der Waals surface area contributed by atoms with Gasteiger partial charge in [-0.05, 0) is 19.1 Å². The SMILES string of the molecule is C=CCOc1ccc(C)nc1Cl.CC. The predicted molar refractivity (Wildman–Crippen MR) is 61.0 cm³/mol. The van der Waals surface area contributed by atoms with Gasteiger partial charge in [0.15, 0.2) is 10.9 Å². The standard InChI is InChI=1S/C9H10ClNO.C2H6/c1-3-6-12-8-5-4-7(2)11-9(8)10;1-2/h3-5H,1,6H2,2H3;1-2H3. The van der Waals surface area contributed by atoms with Crippen LogP contribution in [0, 0.1) is 6.92 Å². The van der Waals surface area contributed by atoms with Gasteiger partial charge in [0.05, 0.1) is 0 Å². The molecule has 1 rings (SSSR count). The zero-order valence-electron chi connectivity index (χ0n) is 8.88. The van der Waals surface area contributed by atoms with Gasteiger partial charge in [-0.3, -0.25) is 0 Å². The van der Waals surface area contributed by atoms with E-state index in [1.165, 1.54) is 0 Å². The Morgan fingerprint density at radius 1 is 1.50 bits per heavy atom. The first-order valence-electron chi connectivity index (χ1n) is 4.61. The molecule has 1 heterocycles. The van der Waals surface area contributed by atoms with Gasteiger partial charge in [-0.25, -0.2) is 4.98 Å². The lowest BCUT2D eigenvalue weighted by Crippen LogP contribution is -1.95. The Morgan fingerprint density at radius 2 is 2.14 bits per heavy atom. The molecule has 0 aliphatic rings. The highest BCUT2D eigenvalue weighted by Crippen LogP contribution is 2.21. The van der Waals surface area contributed by atoms with E-state index in [1.807, 2.05) is 26.8 Å². The maximum absolute atomic E-state index is 5.79. The highest BCUT2D eigenvalue weighted by atomic mass is 35.5. The van der Waals surface area contributed by atoms with Gasteiger partial charge in [0.2, 0.25) is 0 Å². The highest BCUT2D eigenvalue weighted by Gasteiger charge is 2.00. The Labute approximate surface area is 90.6 Å². The molecular formula is C11H16ClNO. The molecule has 3 heteroatoms. The fourth-order valence-electron chi connectivity index (χ4n) is 0.769. The summed E-state index contributed by atoms with van der Waals surface area (Å²) in [5.41, 5.74) is 0.881. The third kappa shape index (κ3) is 4.28. The van der Waals surface area contributed by atoms with Crippen molar-refractivity contribution in [2.75, 3.05) is 6.61 Å². The molecule has 0 aliphatic carbocycles. The fourth-order valence-corrected chi connectivity index (χ4v) is 1.02. The summed E-state index contributed by atoms with van der Waals surface area (Å²) in [5, 5.41) is 0.400. The zero-order valence-corrected chi connectivity index (χ0v) is 9.64. The summed E-state index contributed by atoms with van der Waals surface area (Å²) in [5.74, 6) is 0.599. The van der Waals surface area contributed by atoms with Gasteiger partial charge in [-0.15, -0.1) is 0 Å². The van der Waals surface area contributed by atoms with E-state index in [2.05, 4.69) is 11.6 Å². The van der Waals surface area contributed by atoms with Gasteiger partial charge in [0.25, 0.3) is 0 Å². The molecule has 0 aliphatic heterocycles. The maximum Gasteiger partial charge on any atom is 0.171 e. The number of aromatic nitrogens is 1. The Bertz CT molecular complexity index is 287. The van der Waals surface area contributed by atoms with Gasteiger partial charge >= 0.3 is 0 Å². The molecular weight excluding hydrogens is 198 g/mol. The number of ether oxygens (including phenoxy) is 1. The van der Waals surface area contributed by atoms with Crippen LogP contribution in [0.1, 0.15) is 19.5 Å². The van der Waals surface area contributed by atoms with Crippen molar-refractivity contribution < 1.29 is 4.74 Å². The minimum Gasteiger partial charge on any atom is -0.486 e. The molecule has 0 saturated carbocycles. The van der Waals surface area contributed by atoms with Crippen LogP contribution in [-0.4, -0.2) is 11.6 Å². The fraction of sp³-hybridized carbons (Fsp3) is 0.364. The summed E-state index contributed by atoms with van der Waals surface area (Å²) in [6.07, 6.45) is 1.66. The Hall–Kier alpha value is -1.02. The lowest BCUT2D eigenvalue weighted by atomic mass is 10.4. The maximum atomic E-state index is 5.79. The van der Waals surface area contributed by atoms with E-state index in [1.54, 1.807) is 12.1 Å². The van der Waals surface area contributed by atoms with Crippen LogP contribution in [0.2, 0.25) is 5.15 Å². The second kappa shape index (κ2) is 7.39. The molecule has 78 valence electrons. The number of nitrogens with zero attached hydrogens (tertiary/aromatic N) is 1. The summed E-state index contributed by atoms with van der Waals surface area (Å²) < 4.78 is 5.23. The molecule has 14 heavy (non-hydrogen) atoms. The van der Waals surface area contributed by atoms with Crippen molar-refractivity contribution >= 4 is 11.6 Å². The van der Waals surface area contributed by atoms with Gasteiger partial charge in [-0.2, -0.15) is 0 Å². The van der Waals surface area contributed by atoms with E-state index in [0.717, 1.165) is 5.69 Å². The normalized spacial score (nSPS) is 8.57. The van der Waals surface area contributed by atoms with Crippen molar-refractivity contribution in [3.8, 4) is 5.75 Å². The smallest absolute Gasteiger partial charge is 0.171 e. The van der Waals surface area contributed by atoms with E-state index in [9.17, 15) is 0 Å². The van der Waals surface area contributed by atoms with Crippen LogP contribution in [-0.2, 0) is 0 Å². The first-order valence-corrected chi connectivity index (χ1v) is 4.98. The van der Waals surface area contributed by atoms with Gasteiger partial charge in [0.1, 0.15) is 6.61 Å². The second-order valence-electron chi connectivity index (χ2n) is 2.34. The summed E-state index contributed by atoms with van der Waals surface area (Å²) in [6.45, 7) is 9.86. The molecule has 2 nitrogen and oxygen atoms in total. The number of hydrogen-bond acceptors (Lipinski definition) is 2. The lowest BCUT2D eigenvalue weighted by Gasteiger charge is -2.04. The van der Waals surface area contributed by atoms with E-state index in [-0.39, 0.29) is 0 Å². The van der Waals surface area contributed by atoms with Crippen molar-refractivity contribution in [3.05, 3.63) is 35.6 Å². The molecule has 0 saturated heterocycles. The van der Waals surface area contributed by atoms with Crippen molar-refractivity contribution in [2.45, 2.75) is 20.8 Å². The number of halogens is 1. The Balaban J connectivity index is 0.000000791. The zero-order chi connectivity index (χ0) is 11.0. The molecule has 1 aromatic rings. The topological polar surface area (TPSA) is 22.1 Å². The first-order chi connectivity index (χ1) is 6.74. The Kier molecular flexibility index (Phi) is 6.85. The third-order valence-corrected chi connectivity index (χ3v) is 1.58. The highest BCUT2D eigenvalue weighted by molar-refractivity contribution is 6.30. The molecule has 0 fully saturated rings. The summed E-state index contributed by atoms with van der Waals surface area (Å²) in [4.78, 5) is 4.03. The molecule has 0 radical (unpaired) electrons. The molecule has 0 N–H and O–H groups in total. The number of pyridine rings is 1. The largest absolute Gasteiger partial charge is 0.486 e. The first kappa shape index (κ1) is 13.0. The van der Waals surface area contributed by atoms with Gasteiger partial charge in [0, 0.05) is 5.69 Å². The predicted octanol–water partition coefficient (Wildman–Crippen LogP) is 3.63. The monoisotopic (exact) mass is 213 g/mol. The van der Waals surface area contributed by atoms with Crippen LogP contribution in [0.3, 0.4) is 0 Å². The second-order valence-corrected chi connectivity index (χ2v) is 2.70. The van der Waals surface area contributed by atoms with Crippen LogP contribution in [0.4, 0.5) is 0 Å². The number of rotatable bonds is 3. The van der Waals surface area contributed by atoms with Crippen molar-refractivity contribution in [1.29, 1.82) is 0 Å². The average molecular weight is 214 g/mol. The van der Waals surface area contributed by atoms with Crippen molar-refractivity contribution in [2.24, 2.45) is 0 Å². The number of aryl methyl sites for hydroxylation is 1. The third-order valence-electron chi connectivity index (χ3n) is 1.31. The van der Waals surface area contributed by atoms with Crippen molar-refractivity contribution in [1.82, 2.24) is 4.98 Å². The minimum atomic E-state index is 0.400. The summed E-state index contributed by atoms with van der Waals surface area (Å²) >= 11 is 5.79. The molecule has 0 unspecified atom stereocenters. The van der Waals surface area contributed by atoms with Crippen LogP contribution in [0.15, 0.2) is 24.8 Å².